The molecule has 0 spiro atoms. The van der Waals surface area contributed by atoms with Crippen molar-refractivity contribution in [3.05, 3.63) is 45.7 Å². The van der Waals surface area contributed by atoms with Gasteiger partial charge in [0.1, 0.15) is 4.91 Å². The first-order chi connectivity index (χ1) is 7.18. The molecule has 1 heterocycles. The number of carbonyl (C=O) groups excluding carboxylic acids is 1. The van der Waals surface area contributed by atoms with Crippen LogP contribution in [0.1, 0.15) is 11.1 Å². The number of primary amides is 1. The van der Waals surface area contributed by atoms with E-state index in [0.29, 0.717) is 0 Å². The van der Waals surface area contributed by atoms with Crippen molar-refractivity contribution in [2.45, 2.75) is 0 Å². The summed E-state index contributed by atoms with van der Waals surface area (Å²) in [7, 11) is -1.45. The van der Waals surface area contributed by atoms with Crippen LogP contribution in [0.15, 0.2) is 34.6 Å². The minimum Gasteiger partial charge on any atom is -0.365 e. The Kier molecular flexibility index (Phi) is 2.51. The zero-order valence-electron chi connectivity index (χ0n) is 7.84. The second kappa shape index (κ2) is 3.82. The molecule has 1 aliphatic heterocycles. The van der Waals surface area contributed by atoms with E-state index in [1.807, 2.05) is 24.3 Å². The molecule has 2 N–H and O–H groups in total. The number of nitrogens with two attached hydrogens (primary N) is 1. The van der Waals surface area contributed by atoms with Crippen LogP contribution in [0.2, 0.25) is 0 Å². The molecule has 0 saturated carbocycles. The van der Waals surface area contributed by atoms with E-state index in [9.17, 15) is 9.00 Å². The summed E-state index contributed by atoms with van der Waals surface area (Å²) < 4.78 is 11.6. The van der Waals surface area contributed by atoms with Gasteiger partial charge in [0, 0.05) is 5.41 Å². The first-order valence-corrected chi connectivity index (χ1v) is 5.59. The van der Waals surface area contributed by atoms with Crippen LogP contribution in [-0.2, 0) is 15.6 Å². The Balaban J connectivity index is 2.62. The van der Waals surface area contributed by atoms with Crippen molar-refractivity contribution < 1.29 is 9.00 Å². The number of hydrogen-bond donors (Lipinski definition) is 1. The Labute approximate surface area is 89.7 Å². The lowest BCUT2D eigenvalue weighted by Crippen LogP contribution is -2.16. The normalized spacial score (nSPS) is 18.9. The summed E-state index contributed by atoms with van der Waals surface area (Å²) in [5, 5.41) is 1.47. The topological polar surface area (TPSA) is 60.2 Å². The molecule has 1 unspecified atom stereocenters. The fourth-order valence-electron chi connectivity index (χ4n) is 1.37. The van der Waals surface area contributed by atoms with Crippen molar-refractivity contribution in [1.82, 2.24) is 0 Å². The number of amides is 1. The number of hydrogen-bond acceptors (Lipinski definition) is 2. The highest BCUT2D eigenvalue weighted by Gasteiger charge is 2.14. The molecular formula is C11H9NO2S. The Morgan fingerprint density at radius 1 is 1.20 bits per heavy atom. The summed E-state index contributed by atoms with van der Waals surface area (Å²) in [6.07, 6.45) is 3.31. The fraction of sp³-hybridized carbons (Fsp3) is 0. The van der Waals surface area contributed by atoms with E-state index in [0.717, 1.165) is 11.1 Å². The van der Waals surface area contributed by atoms with Gasteiger partial charge in [0.15, 0.2) is 0 Å². The van der Waals surface area contributed by atoms with Crippen LogP contribution < -0.4 is 5.73 Å². The van der Waals surface area contributed by atoms with Gasteiger partial charge in [-0.2, -0.15) is 0 Å². The van der Waals surface area contributed by atoms with Gasteiger partial charge in [-0.1, -0.05) is 24.3 Å². The fourth-order valence-corrected chi connectivity index (χ4v) is 2.23. The van der Waals surface area contributed by atoms with Gasteiger partial charge in [-0.15, -0.1) is 0 Å². The maximum Gasteiger partial charge on any atom is 0.258 e. The largest absolute Gasteiger partial charge is 0.365 e. The molecule has 2 rings (SSSR count). The minimum absolute atomic E-state index is 0.135. The van der Waals surface area contributed by atoms with Gasteiger partial charge in [-0.3, -0.25) is 4.79 Å². The standard InChI is InChI=1S/C11H9NO2S/c12-11(13)10-7-9-4-2-1-3-8(9)5-6-15(10)14/h1-7H,(H2,12,13). The number of carbonyl (C=O) groups is 1. The first-order valence-electron chi connectivity index (χ1n) is 4.38. The number of benzene rings is 1. The van der Waals surface area contributed by atoms with E-state index in [-0.39, 0.29) is 4.91 Å². The smallest absolute Gasteiger partial charge is 0.258 e. The van der Waals surface area contributed by atoms with Crippen LogP contribution in [0.3, 0.4) is 0 Å². The molecule has 1 atom stereocenters. The predicted molar refractivity (Wildman–Crippen MR) is 60.8 cm³/mol. The van der Waals surface area contributed by atoms with E-state index >= 15 is 0 Å². The lowest BCUT2D eigenvalue weighted by Gasteiger charge is -1.99. The quantitative estimate of drug-likeness (QED) is 0.772. The molecule has 1 amide bonds. The molecule has 76 valence electrons. The van der Waals surface area contributed by atoms with Crippen molar-refractivity contribution in [3.63, 3.8) is 0 Å². The van der Waals surface area contributed by atoms with Crippen molar-refractivity contribution >= 4 is 28.9 Å². The second-order valence-electron chi connectivity index (χ2n) is 3.10. The highest BCUT2D eigenvalue weighted by atomic mass is 32.2. The number of rotatable bonds is 1. The molecule has 3 nitrogen and oxygen atoms in total. The molecule has 0 bridgehead atoms. The van der Waals surface area contributed by atoms with E-state index in [1.165, 1.54) is 5.41 Å². The average Bonchev–Trinajstić information content (AvgIpc) is 2.39. The molecule has 0 fully saturated rings. The molecule has 1 aromatic carbocycles. The van der Waals surface area contributed by atoms with E-state index in [1.54, 1.807) is 12.2 Å². The highest BCUT2D eigenvalue weighted by Crippen LogP contribution is 2.20. The van der Waals surface area contributed by atoms with E-state index < -0.39 is 16.7 Å². The van der Waals surface area contributed by atoms with Crippen LogP contribution in [-0.4, -0.2) is 10.1 Å². The summed E-state index contributed by atoms with van der Waals surface area (Å²) in [4.78, 5) is 11.2. The Morgan fingerprint density at radius 2 is 1.87 bits per heavy atom. The highest BCUT2D eigenvalue weighted by molar-refractivity contribution is 7.93. The Hall–Kier alpha value is -1.68. The van der Waals surface area contributed by atoms with Gasteiger partial charge in [0.05, 0.1) is 10.8 Å². The van der Waals surface area contributed by atoms with Gasteiger partial charge in [0.2, 0.25) is 0 Å². The second-order valence-corrected chi connectivity index (χ2v) is 4.41. The molecule has 0 saturated heterocycles. The Bertz CT molecular complexity index is 503. The van der Waals surface area contributed by atoms with E-state index in [2.05, 4.69) is 0 Å². The van der Waals surface area contributed by atoms with Crippen molar-refractivity contribution in [3.8, 4) is 0 Å². The molecule has 0 aromatic heterocycles. The van der Waals surface area contributed by atoms with Crippen LogP contribution in [0.5, 0.6) is 0 Å². The summed E-state index contributed by atoms with van der Waals surface area (Å²) >= 11 is 0. The molecule has 0 radical (unpaired) electrons. The predicted octanol–water partition coefficient (Wildman–Crippen LogP) is 1.25. The number of fused-ring (bicyclic) bond motifs is 1. The van der Waals surface area contributed by atoms with Crippen LogP contribution in [0.4, 0.5) is 0 Å². The molecule has 15 heavy (non-hydrogen) atoms. The minimum atomic E-state index is -1.45. The summed E-state index contributed by atoms with van der Waals surface area (Å²) in [6, 6.07) is 7.49. The van der Waals surface area contributed by atoms with Gasteiger partial charge in [0.25, 0.3) is 5.91 Å². The third-order valence-corrected chi connectivity index (χ3v) is 3.25. The lowest BCUT2D eigenvalue weighted by atomic mass is 10.1. The molecule has 1 aromatic rings. The molecule has 4 heteroatoms. The van der Waals surface area contributed by atoms with Crippen LogP contribution in [0.25, 0.3) is 12.2 Å². The molecular weight excluding hydrogens is 210 g/mol. The zero-order chi connectivity index (χ0) is 10.8. The third kappa shape index (κ3) is 1.89. The van der Waals surface area contributed by atoms with Gasteiger partial charge in [-0.05, 0) is 23.3 Å². The maximum absolute atomic E-state index is 11.6. The SMILES string of the molecule is NC(=O)C1=Cc2ccccc2C=CS1=O. The third-order valence-electron chi connectivity index (χ3n) is 2.11. The van der Waals surface area contributed by atoms with E-state index in [4.69, 9.17) is 5.73 Å². The van der Waals surface area contributed by atoms with Crippen molar-refractivity contribution in [2.75, 3.05) is 0 Å². The lowest BCUT2D eigenvalue weighted by molar-refractivity contribution is -0.113. The molecule has 1 aliphatic rings. The van der Waals surface area contributed by atoms with Crippen LogP contribution >= 0.6 is 0 Å². The first kappa shape index (κ1) is 9.86. The molecule has 0 aliphatic carbocycles. The maximum atomic E-state index is 11.6. The van der Waals surface area contributed by atoms with Gasteiger partial charge in [-0.25, -0.2) is 4.21 Å². The van der Waals surface area contributed by atoms with Gasteiger partial charge >= 0.3 is 0 Å². The summed E-state index contributed by atoms with van der Waals surface area (Å²) in [5.74, 6) is -0.644. The summed E-state index contributed by atoms with van der Waals surface area (Å²) in [5.41, 5.74) is 6.94. The summed E-state index contributed by atoms with van der Waals surface area (Å²) in [6.45, 7) is 0. The Morgan fingerprint density at radius 3 is 2.53 bits per heavy atom. The van der Waals surface area contributed by atoms with Gasteiger partial charge < -0.3 is 5.73 Å². The monoisotopic (exact) mass is 219 g/mol. The zero-order valence-corrected chi connectivity index (χ0v) is 8.66. The average molecular weight is 219 g/mol. The van der Waals surface area contributed by atoms with Crippen molar-refractivity contribution in [2.24, 2.45) is 5.73 Å². The van der Waals surface area contributed by atoms with Crippen molar-refractivity contribution in [1.29, 1.82) is 0 Å². The van der Waals surface area contributed by atoms with Crippen LogP contribution in [0, 0.1) is 0 Å².